The zero-order chi connectivity index (χ0) is 34.6. The van der Waals surface area contributed by atoms with Gasteiger partial charge in [-0.05, 0) is 60.2 Å². The highest BCUT2D eigenvalue weighted by molar-refractivity contribution is 7.27. The Kier molecular flexibility index (Phi) is 6.28. The molecule has 4 heterocycles. The Morgan fingerprint density at radius 3 is 1.62 bits per heavy atom. The van der Waals surface area contributed by atoms with Gasteiger partial charge < -0.3 is 9.32 Å². The second-order valence-electron chi connectivity index (χ2n) is 13.6. The van der Waals surface area contributed by atoms with Crippen LogP contribution in [0.3, 0.4) is 0 Å². The van der Waals surface area contributed by atoms with Crippen LogP contribution in [0.1, 0.15) is 0 Å². The summed E-state index contributed by atoms with van der Waals surface area (Å²) in [5.74, 6) is 0. The lowest BCUT2D eigenvalue weighted by atomic mass is 10.0. The Morgan fingerprint density at radius 2 is 0.925 bits per heavy atom. The summed E-state index contributed by atoms with van der Waals surface area (Å²) in [6.07, 6.45) is 0. The van der Waals surface area contributed by atoms with Gasteiger partial charge in [0.05, 0.1) is 20.8 Å². The van der Waals surface area contributed by atoms with Crippen molar-refractivity contribution in [3.05, 3.63) is 164 Å². The van der Waals surface area contributed by atoms with Gasteiger partial charge in [-0.2, -0.15) is 0 Å². The quantitative estimate of drug-likeness (QED) is 0.179. The molecule has 0 aliphatic carbocycles. The van der Waals surface area contributed by atoms with Crippen LogP contribution in [0.5, 0.6) is 0 Å². The van der Waals surface area contributed by atoms with Crippen molar-refractivity contribution in [2.75, 3.05) is 4.90 Å². The van der Waals surface area contributed by atoms with Crippen molar-refractivity contribution < 1.29 is 4.42 Å². The van der Waals surface area contributed by atoms with Gasteiger partial charge in [-0.25, -0.2) is 0 Å². The van der Waals surface area contributed by atoms with E-state index >= 15 is 0 Å². The molecule has 12 rings (SSSR count). The van der Waals surface area contributed by atoms with Crippen LogP contribution in [-0.4, -0.2) is 0 Å². The van der Waals surface area contributed by atoms with Crippen LogP contribution in [0, 0.1) is 0 Å². The molecule has 0 amide bonds. The fraction of sp³-hybridized carbons (Fsp3) is 0. The monoisotopic (exact) mass is 729 g/mol. The molecule has 53 heavy (non-hydrogen) atoms. The van der Waals surface area contributed by atoms with E-state index in [9.17, 15) is 0 Å². The van der Waals surface area contributed by atoms with Gasteiger partial charge in [-0.3, -0.25) is 0 Å². The number of para-hydroxylation sites is 1. The Bertz CT molecular complexity index is 3320. The zero-order valence-electron chi connectivity index (χ0n) is 28.2. The van der Waals surface area contributed by atoms with E-state index in [1.165, 1.54) is 71.9 Å². The van der Waals surface area contributed by atoms with Gasteiger partial charge in [0, 0.05) is 73.1 Å². The second-order valence-corrected chi connectivity index (χ2v) is 16.8. The zero-order valence-corrected chi connectivity index (χ0v) is 30.6. The van der Waals surface area contributed by atoms with E-state index in [0.717, 1.165) is 38.8 Å². The molecule has 4 aromatic heterocycles. The van der Waals surface area contributed by atoms with Gasteiger partial charge in [-0.15, -0.1) is 34.0 Å². The van der Waals surface area contributed by atoms with Crippen molar-refractivity contribution in [2.45, 2.75) is 0 Å². The van der Waals surface area contributed by atoms with Gasteiger partial charge >= 0.3 is 0 Å². The predicted octanol–water partition coefficient (Wildman–Crippen LogP) is 15.8. The first kappa shape index (κ1) is 29.6. The van der Waals surface area contributed by atoms with Crippen molar-refractivity contribution >= 4 is 134 Å². The van der Waals surface area contributed by atoms with Crippen LogP contribution in [0.15, 0.2) is 168 Å². The maximum atomic E-state index is 6.97. The smallest absolute Gasteiger partial charge is 0.144 e. The van der Waals surface area contributed by atoms with E-state index in [4.69, 9.17) is 4.42 Å². The van der Waals surface area contributed by atoms with Gasteiger partial charge in [0.2, 0.25) is 0 Å². The molecule has 0 radical (unpaired) electrons. The minimum absolute atomic E-state index is 0.923. The second kappa shape index (κ2) is 11.3. The number of fused-ring (bicyclic) bond motifs is 13. The van der Waals surface area contributed by atoms with Crippen molar-refractivity contribution in [3.8, 4) is 11.1 Å². The maximum Gasteiger partial charge on any atom is 0.144 e. The van der Waals surface area contributed by atoms with Gasteiger partial charge in [0.1, 0.15) is 11.2 Å². The Hall–Kier alpha value is -5.98. The van der Waals surface area contributed by atoms with Crippen molar-refractivity contribution in [3.63, 3.8) is 0 Å². The first-order chi connectivity index (χ1) is 26.3. The number of hydrogen-bond acceptors (Lipinski definition) is 5. The van der Waals surface area contributed by atoms with Crippen LogP contribution >= 0.6 is 34.0 Å². The topological polar surface area (TPSA) is 16.4 Å². The number of anilines is 3. The Balaban J connectivity index is 1.12. The molecule has 0 spiro atoms. The van der Waals surface area contributed by atoms with Crippen LogP contribution in [-0.2, 0) is 0 Å². The molecule has 248 valence electrons. The fourth-order valence-electron chi connectivity index (χ4n) is 8.33. The van der Waals surface area contributed by atoms with Crippen LogP contribution in [0.4, 0.5) is 17.1 Å². The largest absolute Gasteiger partial charge is 0.455 e. The van der Waals surface area contributed by atoms with E-state index in [1.807, 2.05) is 34.0 Å². The minimum Gasteiger partial charge on any atom is -0.455 e. The molecular weight excluding hydrogens is 703 g/mol. The van der Waals surface area contributed by atoms with Crippen molar-refractivity contribution in [2.24, 2.45) is 0 Å². The summed E-state index contributed by atoms with van der Waals surface area (Å²) in [6, 6.07) is 59.8. The molecule has 2 nitrogen and oxygen atoms in total. The summed E-state index contributed by atoms with van der Waals surface area (Å²) in [6.45, 7) is 0. The van der Waals surface area contributed by atoms with E-state index in [-0.39, 0.29) is 0 Å². The van der Waals surface area contributed by atoms with Crippen LogP contribution < -0.4 is 4.90 Å². The molecule has 0 saturated carbocycles. The average molecular weight is 730 g/mol. The maximum absolute atomic E-state index is 6.97. The van der Waals surface area contributed by atoms with Crippen molar-refractivity contribution in [1.82, 2.24) is 0 Å². The molecule has 0 bridgehead atoms. The number of rotatable bonds is 4. The average Bonchev–Trinajstić information content (AvgIpc) is 3.98. The third kappa shape index (κ3) is 4.30. The molecule has 0 aliphatic rings. The molecule has 5 heteroatoms. The first-order valence-corrected chi connectivity index (χ1v) is 20.2. The standard InChI is InChI=1S/C48H27NOS3/c1-4-22-40-31(13-1)35-18-9-20-38(47(35)52-40)49(39-21-10-19-36-32-14-2-5-23-41(32)53-48(36)39)29-12-7-11-28(27-29)30-16-8-17-33-34-25-26-43-44(46(34)50-45(30)33)37-15-3-6-24-42(37)51-43/h1-27H. The van der Waals surface area contributed by atoms with E-state index in [1.54, 1.807) is 0 Å². The lowest BCUT2D eigenvalue weighted by molar-refractivity contribution is 0.674. The normalized spacial score (nSPS) is 12.2. The Morgan fingerprint density at radius 1 is 0.377 bits per heavy atom. The molecule has 0 atom stereocenters. The van der Waals surface area contributed by atoms with Gasteiger partial charge in [0.15, 0.2) is 0 Å². The highest BCUT2D eigenvalue weighted by Gasteiger charge is 2.23. The number of benzene rings is 8. The lowest BCUT2D eigenvalue weighted by Crippen LogP contribution is -2.10. The summed E-state index contributed by atoms with van der Waals surface area (Å²) in [5, 5.41) is 9.92. The number of nitrogens with zero attached hydrogens (tertiary/aromatic N) is 1. The summed E-state index contributed by atoms with van der Waals surface area (Å²) in [7, 11) is 0. The third-order valence-electron chi connectivity index (χ3n) is 10.7. The molecule has 0 N–H and O–H groups in total. The molecule has 0 fully saturated rings. The lowest BCUT2D eigenvalue weighted by Gasteiger charge is -2.27. The molecule has 0 aliphatic heterocycles. The van der Waals surface area contributed by atoms with E-state index in [2.05, 4.69) is 169 Å². The molecule has 0 unspecified atom stereocenters. The van der Waals surface area contributed by atoms with E-state index in [0.29, 0.717) is 0 Å². The molecule has 0 saturated heterocycles. The van der Waals surface area contributed by atoms with Crippen molar-refractivity contribution in [1.29, 1.82) is 0 Å². The SMILES string of the molecule is c1cc(-c2cccc3c2oc2c3ccc3sc4ccccc4c32)cc(N(c2cccc3c2sc2ccccc23)c2cccc3c2sc2ccccc23)c1. The summed E-state index contributed by atoms with van der Waals surface area (Å²) in [4.78, 5) is 2.48. The minimum atomic E-state index is 0.923. The Labute approximate surface area is 316 Å². The summed E-state index contributed by atoms with van der Waals surface area (Å²) in [5.41, 5.74) is 7.57. The number of furan rings is 1. The number of hydrogen-bond donors (Lipinski definition) is 0. The highest BCUT2D eigenvalue weighted by atomic mass is 32.1. The highest BCUT2D eigenvalue weighted by Crippen LogP contribution is 2.50. The van der Waals surface area contributed by atoms with Gasteiger partial charge in [-0.1, -0.05) is 109 Å². The van der Waals surface area contributed by atoms with E-state index < -0.39 is 0 Å². The van der Waals surface area contributed by atoms with Crippen LogP contribution in [0.25, 0.3) is 93.6 Å². The van der Waals surface area contributed by atoms with Gasteiger partial charge in [0.25, 0.3) is 0 Å². The first-order valence-electron chi connectivity index (χ1n) is 17.7. The predicted molar refractivity (Wildman–Crippen MR) is 233 cm³/mol. The molecular formula is C48H27NOS3. The third-order valence-corrected chi connectivity index (χ3v) is 14.2. The molecule has 12 aromatic rings. The summed E-state index contributed by atoms with van der Waals surface area (Å²) < 4.78 is 14.7. The fourth-order valence-corrected chi connectivity index (χ4v) is 11.8. The molecule has 8 aromatic carbocycles. The van der Waals surface area contributed by atoms with Crippen LogP contribution in [0.2, 0.25) is 0 Å². The number of thiophene rings is 3. The summed E-state index contributed by atoms with van der Waals surface area (Å²) >= 11 is 5.57.